The van der Waals surface area contributed by atoms with Gasteiger partial charge in [-0.1, -0.05) is 26.0 Å². The molecule has 1 amide bonds. The van der Waals surface area contributed by atoms with Gasteiger partial charge in [-0.05, 0) is 50.8 Å². The van der Waals surface area contributed by atoms with E-state index >= 15 is 0 Å². The van der Waals surface area contributed by atoms with Crippen LogP contribution < -0.4 is 15.4 Å². The Balaban J connectivity index is 1.93. The van der Waals surface area contributed by atoms with Crippen molar-refractivity contribution in [2.24, 2.45) is 5.92 Å². The Kier molecular flexibility index (Phi) is 5.99. The van der Waals surface area contributed by atoms with Crippen LogP contribution in [0.15, 0.2) is 18.2 Å². The van der Waals surface area contributed by atoms with Crippen LogP contribution in [-0.4, -0.2) is 30.4 Å². The van der Waals surface area contributed by atoms with Gasteiger partial charge >= 0.3 is 6.09 Å². The highest BCUT2D eigenvalue weighted by Crippen LogP contribution is 2.26. The molecule has 0 saturated heterocycles. The molecule has 0 aliphatic carbocycles. The van der Waals surface area contributed by atoms with E-state index in [0.29, 0.717) is 12.5 Å². The third-order valence-electron chi connectivity index (χ3n) is 4.72. The van der Waals surface area contributed by atoms with E-state index in [4.69, 9.17) is 9.47 Å². The average Bonchev–Trinajstić information content (AvgIpc) is 2.96. The lowest BCUT2D eigenvalue weighted by molar-refractivity contribution is 0.0503. The standard InChI is InChI=1S/C20H32N2O3/c1-14(2)20(6,13-21-18(23)25-19(3,4)5)22-12-15-7-8-17-16(11-15)9-10-24-17/h7-8,11,14,22H,9-10,12-13H2,1-6H3,(H,21,23)/t20-/m1/s1. The minimum Gasteiger partial charge on any atom is -0.493 e. The largest absolute Gasteiger partial charge is 0.493 e. The highest BCUT2D eigenvalue weighted by Gasteiger charge is 2.29. The van der Waals surface area contributed by atoms with Crippen LogP contribution in [0.5, 0.6) is 5.75 Å². The van der Waals surface area contributed by atoms with Gasteiger partial charge in [0.1, 0.15) is 11.4 Å². The molecule has 1 aromatic carbocycles. The summed E-state index contributed by atoms with van der Waals surface area (Å²) in [6, 6.07) is 6.35. The topological polar surface area (TPSA) is 59.6 Å². The number of carbonyl (C=O) groups excluding carboxylic acids is 1. The summed E-state index contributed by atoms with van der Waals surface area (Å²) in [5.74, 6) is 1.35. The van der Waals surface area contributed by atoms with Gasteiger partial charge in [0.05, 0.1) is 6.61 Å². The summed E-state index contributed by atoms with van der Waals surface area (Å²) < 4.78 is 10.9. The second-order valence-electron chi connectivity index (χ2n) is 8.32. The molecule has 5 nitrogen and oxygen atoms in total. The molecule has 2 N–H and O–H groups in total. The molecule has 140 valence electrons. The van der Waals surface area contributed by atoms with Crippen molar-refractivity contribution in [3.05, 3.63) is 29.3 Å². The van der Waals surface area contributed by atoms with Crippen molar-refractivity contribution < 1.29 is 14.3 Å². The lowest BCUT2D eigenvalue weighted by Gasteiger charge is -2.35. The summed E-state index contributed by atoms with van der Waals surface area (Å²) in [4.78, 5) is 12.0. The molecule has 0 aromatic heterocycles. The molecule has 0 spiro atoms. The van der Waals surface area contributed by atoms with Crippen LogP contribution in [0.1, 0.15) is 52.7 Å². The van der Waals surface area contributed by atoms with Gasteiger partial charge < -0.3 is 20.1 Å². The van der Waals surface area contributed by atoms with Crippen LogP contribution in [0.25, 0.3) is 0 Å². The molecule has 1 aliphatic rings. The van der Waals surface area contributed by atoms with Gasteiger partial charge in [-0.3, -0.25) is 0 Å². The fourth-order valence-electron chi connectivity index (χ4n) is 2.69. The first-order chi connectivity index (χ1) is 11.6. The molecular formula is C20H32N2O3. The van der Waals surface area contributed by atoms with E-state index in [9.17, 15) is 4.79 Å². The van der Waals surface area contributed by atoms with E-state index in [1.165, 1.54) is 11.1 Å². The summed E-state index contributed by atoms with van der Waals surface area (Å²) in [7, 11) is 0. The van der Waals surface area contributed by atoms with E-state index in [1.54, 1.807) is 0 Å². The monoisotopic (exact) mass is 348 g/mol. The number of amides is 1. The maximum atomic E-state index is 12.0. The number of nitrogens with one attached hydrogen (secondary N) is 2. The van der Waals surface area contributed by atoms with Crippen LogP contribution in [0.3, 0.4) is 0 Å². The molecule has 5 heteroatoms. The van der Waals surface area contributed by atoms with Crippen molar-refractivity contribution in [3.8, 4) is 5.75 Å². The third kappa shape index (κ3) is 5.63. The number of carbonyl (C=O) groups is 1. The maximum absolute atomic E-state index is 12.0. The van der Waals surface area contributed by atoms with Gasteiger partial charge in [0, 0.05) is 25.0 Å². The summed E-state index contributed by atoms with van der Waals surface area (Å²) in [6.45, 7) is 14.1. The van der Waals surface area contributed by atoms with Gasteiger partial charge in [0.2, 0.25) is 0 Å². The van der Waals surface area contributed by atoms with Gasteiger partial charge in [0.15, 0.2) is 0 Å². The molecule has 0 radical (unpaired) electrons. The predicted molar refractivity (Wildman–Crippen MR) is 100.0 cm³/mol. The third-order valence-corrected chi connectivity index (χ3v) is 4.72. The SMILES string of the molecule is CC(C)[C@@](C)(CNC(=O)OC(C)(C)C)NCc1ccc2c(c1)CCO2. The lowest BCUT2D eigenvalue weighted by atomic mass is 9.88. The van der Waals surface area contributed by atoms with Crippen LogP contribution in [0.2, 0.25) is 0 Å². The second kappa shape index (κ2) is 7.65. The smallest absolute Gasteiger partial charge is 0.407 e. The van der Waals surface area contributed by atoms with Crippen molar-refractivity contribution in [1.29, 1.82) is 0 Å². The van der Waals surface area contributed by atoms with Crippen molar-refractivity contribution >= 4 is 6.09 Å². The zero-order valence-electron chi connectivity index (χ0n) is 16.4. The number of ether oxygens (including phenoxy) is 2. The molecule has 0 bridgehead atoms. The van der Waals surface area contributed by atoms with E-state index in [2.05, 4.69) is 43.5 Å². The molecule has 25 heavy (non-hydrogen) atoms. The van der Waals surface area contributed by atoms with Gasteiger partial charge in [-0.2, -0.15) is 0 Å². The Labute approximate surface area is 151 Å². The zero-order chi connectivity index (χ0) is 18.7. The van der Waals surface area contributed by atoms with Crippen LogP contribution >= 0.6 is 0 Å². The van der Waals surface area contributed by atoms with Gasteiger partial charge in [-0.25, -0.2) is 4.79 Å². The number of benzene rings is 1. The Morgan fingerprint density at radius 2 is 2.00 bits per heavy atom. The van der Waals surface area contributed by atoms with Crippen LogP contribution in [0, 0.1) is 5.92 Å². The fraction of sp³-hybridized carbons (Fsp3) is 0.650. The zero-order valence-corrected chi connectivity index (χ0v) is 16.4. The molecule has 1 aliphatic heterocycles. The van der Waals surface area contributed by atoms with Gasteiger partial charge in [-0.15, -0.1) is 0 Å². The van der Waals surface area contributed by atoms with E-state index in [1.807, 2.05) is 26.8 Å². The van der Waals surface area contributed by atoms with Crippen LogP contribution in [0.4, 0.5) is 4.79 Å². The molecule has 1 heterocycles. The maximum Gasteiger partial charge on any atom is 0.407 e. The quantitative estimate of drug-likeness (QED) is 0.824. The number of hydrogen-bond acceptors (Lipinski definition) is 4. The first-order valence-electron chi connectivity index (χ1n) is 9.05. The lowest BCUT2D eigenvalue weighted by Crippen LogP contribution is -2.55. The van der Waals surface area contributed by atoms with Crippen molar-refractivity contribution in [2.45, 2.75) is 65.6 Å². The Morgan fingerprint density at radius 3 is 2.64 bits per heavy atom. The number of rotatable bonds is 6. The molecule has 2 rings (SSSR count). The van der Waals surface area contributed by atoms with E-state index in [-0.39, 0.29) is 11.6 Å². The molecule has 0 unspecified atom stereocenters. The summed E-state index contributed by atoms with van der Waals surface area (Å²) in [5, 5.41) is 6.51. The average molecular weight is 348 g/mol. The highest BCUT2D eigenvalue weighted by atomic mass is 16.6. The molecule has 0 fully saturated rings. The first kappa shape index (κ1) is 19.6. The Bertz CT molecular complexity index is 607. The predicted octanol–water partition coefficient (Wildman–Crippen LogP) is 3.65. The first-order valence-corrected chi connectivity index (χ1v) is 9.05. The minimum absolute atomic E-state index is 0.230. The molecule has 1 aromatic rings. The van der Waals surface area contributed by atoms with Crippen molar-refractivity contribution in [3.63, 3.8) is 0 Å². The van der Waals surface area contributed by atoms with Crippen LogP contribution in [-0.2, 0) is 17.7 Å². The van der Waals surface area contributed by atoms with E-state index in [0.717, 1.165) is 25.3 Å². The molecular weight excluding hydrogens is 316 g/mol. The summed E-state index contributed by atoms with van der Waals surface area (Å²) in [6.07, 6.45) is 0.598. The Hall–Kier alpha value is -1.75. The Morgan fingerprint density at radius 1 is 1.28 bits per heavy atom. The summed E-state index contributed by atoms with van der Waals surface area (Å²) >= 11 is 0. The van der Waals surface area contributed by atoms with Gasteiger partial charge in [0.25, 0.3) is 0 Å². The van der Waals surface area contributed by atoms with Crippen molar-refractivity contribution in [1.82, 2.24) is 10.6 Å². The minimum atomic E-state index is -0.488. The normalized spacial score (nSPS) is 16.1. The van der Waals surface area contributed by atoms with Crippen molar-refractivity contribution in [2.75, 3.05) is 13.2 Å². The van der Waals surface area contributed by atoms with E-state index < -0.39 is 5.60 Å². The molecule has 0 saturated carbocycles. The second-order valence-corrected chi connectivity index (χ2v) is 8.32. The number of hydrogen-bond donors (Lipinski definition) is 2. The number of alkyl carbamates (subject to hydrolysis) is 1. The summed E-state index contributed by atoms with van der Waals surface area (Å²) in [5.41, 5.74) is 1.79. The number of fused-ring (bicyclic) bond motifs is 1. The highest BCUT2D eigenvalue weighted by molar-refractivity contribution is 5.67. The molecule has 1 atom stereocenters. The fourth-order valence-corrected chi connectivity index (χ4v) is 2.69.